The number of hydrogen-bond acceptors (Lipinski definition) is 7. The molecule has 38 heavy (non-hydrogen) atoms. The van der Waals surface area contributed by atoms with Crippen molar-refractivity contribution in [2.45, 2.75) is 32.0 Å². The zero-order valence-electron chi connectivity index (χ0n) is 22.1. The zero-order chi connectivity index (χ0) is 25.9. The minimum Gasteiger partial charge on any atom is -0.363 e. The first-order chi connectivity index (χ1) is 18.6. The Hall–Kier alpha value is -3.94. The van der Waals surface area contributed by atoms with Crippen LogP contribution in [-0.2, 0) is 13.0 Å². The molecule has 0 bridgehead atoms. The lowest BCUT2D eigenvalue weighted by Crippen LogP contribution is -2.52. The van der Waals surface area contributed by atoms with Crippen molar-refractivity contribution < 1.29 is 0 Å². The van der Waals surface area contributed by atoms with Gasteiger partial charge in [-0.15, -0.1) is 0 Å². The Labute approximate surface area is 224 Å². The van der Waals surface area contributed by atoms with E-state index in [9.17, 15) is 0 Å². The smallest absolute Gasteiger partial charge is 0.172 e. The second-order valence-electron chi connectivity index (χ2n) is 10.3. The number of benzene rings is 3. The summed E-state index contributed by atoms with van der Waals surface area (Å²) in [6.45, 7) is 5.60. The van der Waals surface area contributed by atoms with Crippen molar-refractivity contribution in [2.24, 2.45) is 0 Å². The Morgan fingerprint density at radius 3 is 2.53 bits per heavy atom. The molecule has 194 valence electrons. The van der Waals surface area contributed by atoms with E-state index < -0.39 is 0 Å². The van der Waals surface area contributed by atoms with Crippen molar-refractivity contribution in [2.75, 3.05) is 42.3 Å². The lowest BCUT2D eigenvalue weighted by Gasteiger charge is -2.35. The third kappa shape index (κ3) is 5.21. The summed E-state index contributed by atoms with van der Waals surface area (Å²) in [6, 6.07) is 28.3. The first-order valence-corrected chi connectivity index (χ1v) is 13.4. The molecule has 0 amide bonds. The number of rotatable bonds is 7. The summed E-state index contributed by atoms with van der Waals surface area (Å²) in [7, 11) is 2.08. The quantitative estimate of drug-likeness (QED) is 0.323. The molecule has 1 saturated heterocycles. The van der Waals surface area contributed by atoms with Gasteiger partial charge in [-0.05, 0) is 42.2 Å². The minimum absolute atomic E-state index is 0.302. The van der Waals surface area contributed by atoms with Crippen LogP contribution in [0.25, 0.3) is 11.3 Å². The summed E-state index contributed by atoms with van der Waals surface area (Å²) in [6.07, 6.45) is 2.89. The van der Waals surface area contributed by atoms with E-state index in [0.29, 0.717) is 18.6 Å². The highest BCUT2D eigenvalue weighted by Gasteiger charge is 2.26. The van der Waals surface area contributed by atoms with E-state index in [1.807, 2.05) is 12.3 Å². The molecule has 6 rings (SSSR count). The number of hydrogen-bond donors (Lipinski definition) is 3. The van der Waals surface area contributed by atoms with Crippen molar-refractivity contribution in [3.8, 4) is 11.3 Å². The molecule has 2 aliphatic rings. The van der Waals surface area contributed by atoms with Gasteiger partial charge in [-0.2, -0.15) is 0 Å². The zero-order valence-corrected chi connectivity index (χ0v) is 22.1. The number of aromatic nitrogens is 2. The third-order valence-corrected chi connectivity index (χ3v) is 7.61. The number of anilines is 3. The molecule has 2 atom stereocenters. The monoisotopic (exact) mass is 505 g/mol. The highest BCUT2D eigenvalue weighted by molar-refractivity contribution is 5.71. The number of nitrogens with zero attached hydrogens (tertiary/aromatic N) is 4. The molecule has 0 spiro atoms. The second kappa shape index (κ2) is 10.8. The number of hydrazine groups is 1. The van der Waals surface area contributed by atoms with Gasteiger partial charge in [0.25, 0.3) is 0 Å². The average molecular weight is 506 g/mol. The van der Waals surface area contributed by atoms with Gasteiger partial charge in [0.1, 0.15) is 0 Å². The Balaban J connectivity index is 1.30. The molecule has 3 heterocycles. The van der Waals surface area contributed by atoms with Crippen molar-refractivity contribution in [1.82, 2.24) is 20.3 Å². The highest BCUT2D eigenvalue weighted by Crippen LogP contribution is 2.37. The van der Waals surface area contributed by atoms with E-state index in [-0.39, 0.29) is 0 Å². The van der Waals surface area contributed by atoms with Crippen molar-refractivity contribution in [3.05, 3.63) is 102 Å². The van der Waals surface area contributed by atoms with Gasteiger partial charge in [-0.1, -0.05) is 66.7 Å². The van der Waals surface area contributed by atoms with Crippen LogP contribution < -0.4 is 21.0 Å². The highest BCUT2D eigenvalue weighted by atomic mass is 15.5. The van der Waals surface area contributed by atoms with E-state index in [2.05, 4.69) is 113 Å². The molecule has 0 radical (unpaired) electrons. The minimum atomic E-state index is 0.302. The van der Waals surface area contributed by atoms with Crippen molar-refractivity contribution >= 4 is 17.3 Å². The second-order valence-corrected chi connectivity index (χ2v) is 10.3. The Morgan fingerprint density at radius 2 is 1.74 bits per heavy atom. The largest absolute Gasteiger partial charge is 0.363 e. The van der Waals surface area contributed by atoms with E-state index in [4.69, 9.17) is 9.97 Å². The van der Waals surface area contributed by atoms with Gasteiger partial charge in [0, 0.05) is 44.8 Å². The van der Waals surface area contributed by atoms with Crippen LogP contribution in [0.15, 0.2) is 85.1 Å². The normalized spacial score (nSPS) is 19.2. The van der Waals surface area contributed by atoms with Gasteiger partial charge in [0.15, 0.2) is 11.6 Å². The van der Waals surface area contributed by atoms with Crippen LogP contribution in [0, 0.1) is 0 Å². The standard InChI is InChI=1S/C31H35N7/c1-22-27-18-25(13-14-28(27)36-37(22)2)29-20-34-30(33-19-24-11-7-4-8-12-24)31(35-29)38-16-15-32-26(21-38)17-23-9-5-3-6-10-23/h3-14,18,20,22,26,32,36H,15-17,19,21H2,1-2H3,(H,33,34)/t22?,26-/m0/s1. The van der Waals surface area contributed by atoms with Gasteiger partial charge < -0.3 is 21.0 Å². The lowest BCUT2D eigenvalue weighted by atomic mass is 10.0. The molecule has 1 aromatic heterocycles. The van der Waals surface area contributed by atoms with Gasteiger partial charge in [-0.3, -0.25) is 0 Å². The predicted octanol–water partition coefficient (Wildman–Crippen LogP) is 5.11. The molecular weight excluding hydrogens is 470 g/mol. The summed E-state index contributed by atoms with van der Waals surface area (Å²) in [4.78, 5) is 12.5. The lowest BCUT2D eigenvalue weighted by molar-refractivity contribution is 0.342. The molecule has 2 aliphatic heterocycles. The molecule has 3 aromatic carbocycles. The Morgan fingerprint density at radius 1 is 0.974 bits per heavy atom. The van der Waals surface area contributed by atoms with Crippen LogP contribution >= 0.6 is 0 Å². The average Bonchev–Trinajstić information content (AvgIpc) is 3.25. The van der Waals surface area contributed by atoms with Gasteiger partial charge in [0.05, 0.1) is 23.6 Å². The van der Waals surface area contributed by atoms with Crippen LogP contribution in [0.5, 0.6) is 0 Å². The fourth-order valence-electron chi connectivity index (χ4n) is 5.36. The maximum absolute atomic E-state index is 5.23. The van der Waals surface area contributed by atoms with Crippen molar-refractivity contribution in [1.29, 1.82) is 0 Å². The molecular formula is C31H35N7. The number of fused-ring (bicyclic) bond motifs is 1. The van der Waals surface area contributed by atoms with E-state index >= 15 is 0 Å². The maximum atomic E-state index is 5.23. The maximum Gasteiger partial charge on any atom is 0.172 e. The fraction of sp³-hybridized carbons (Fsp3) is 0.290. The third-order valence-electron chi connectivity index (χ3n) is 7.61. The summed E-state index contributed by atoms with van der Waals surface area (Å²) in [5.74, 6) is 1.75. The molecule has 3 N–H and O–H groups in total. The summed E-state index contributed by atoms with van der Waals surface area (Å²) in [5.41, 5.74) is 10.4. The molecule has 0 aliphatic carbocycles. The molecule has 7 heteroatoms. The topological polar surface area (TPSA) is 68.3 Å². The van der Waals surface area contributed by atoms with Crippen LogP contribution in [0.4, 0.5) is 17.3 Å². The first kappa shape index (κ1) is 24.4. The van der Waals surface area contributed by atoms with Crippen LogP contribution in [-0.4, -0.2) is 47.7 Å². The molecule has 1 unspecified atom stereocenters. The fourth-order valence-corrected chi connectivity index (χ4v) is 5.36. The van der Waals surface area contributed by atoms with Gasteiger partial charge in [0.2, 0.25) is 0 Å². The Kier molecular flexibility index (Phi) is 6.94. The van der Waals surface area contributed by atoms with E-state index in [1.54, 1.807) is 0 Å². The van der Waals surface area contributed by atoms with Crippen LogP contribution in [0.3, 0.4) is 0 Å². The Bertz CT molecular complexity index is 1380. The van der Waals surface area contributed by atoms with Gasteiger partial charge in [-0.25, -0.2) is 15.0 Å². The van der Waals surface area contributed by atoms with Gasteiger partial charge >= 0.3 is 0 Å². The van der Waals surface area contributed by atoms with Crippen LogP contribution in [0.2, 0.25) is 0 Å². The SMILES string of the molecule is CC1c2cc(-c3cnc(NCc4ccccc4)c(N4CCN[C@@H](Cc5ccccc5)C4)n3)ccc2NN1C. The van der Waals surface area contributed by atoms with E-state index in [1.165, 1.54) is 16.7 Å². The molecule has 4 aromatic rings. The van der Waals surface area contributed by atoms with E-state index in [0.717, 1.165) is 54.6 Å². The van der Waals surface area contributed by atoms with Crippen LogP contribution in [0.1, 0.15) is 29.7 Å². The number of piperazine rings is 1. The predicted molar refractivity (Wildman–Crippen MR) is 155 cm³/mol. The molecule has 0 saturated carbocycles. The number of nitrogens with one attached hydrogen (secondary N) is 3. The summed E-state index contributed by atoms with van der Waals surface area (Å²) in [5, 5.41) is 9.41. The summed E-state index contributed by atoms with van der Waals surface area (Å²) >= 11 is 0. The summed E-state index contributed by atoms with van der Waals surface area (Å²) < 4.78 is 0. The molecule has 1 fully saturated rings. The molecule has 7 nitrogen and oxygen atoms in total. The van der Waals surface area contributed by atoms with Crippen molar-refractivity contribution in [3.63, 3.8) is 0 Å². The first-order valence-electron chi connectivity index (χ1n) is 13.4.